The molecule has 0 unspecified atom stereocenters. The van der Waals surface area contributed by atoms with Gasteiger partial charge in [0.15, 0.2) is 0 Å². The summed E-state index contributed by atoms with van der Waals surface area (Å²) < 4.78 is 6.69. The summed E-state index contributed by atoms with van der Waals surface area (Å²) in [5.41, 5.74) is 0.206. The van der Waals surface area contributed by atoms with E-state index >= 15 is 0 Å². The van der Waals surface area contributed by atoms with E-state index in [4.69, 9.17) is 4.74 Å². The highest BCUT2D eigenvalue weighted by molar-refractivity contribution is 9.10. The number of nitrogens with one attached hydrogen (secondary N) is 1. The van der Waals surface area contributed by atoms with Gasteiger partial charge in [0, 0.05) is 10.0 Å². The molecule has 0 atom stereocenters. The first-order valence-electron chi connectivity index (χ1n) is 5.62. The second kappa shape index (κ2) is 4.64. The number of fused-ring (bicyclic) bond motifs is 1. The average molecular weight is 337 g/mol. The molecular formula is C12H9BrN4O3. The summed E-state index contributed by atoms with van der Waals surface area (Å²) in [7, 11) is 1.40. The summed E-state index contributed by atoms with van der Waals surface area (Å²) in [6.45, 7) is 0. The summed E-state index contributed by atoms with van der Waals surface area (Å²) in [6, 6.07) is 7.13. The lowest BCUT2D eigenvalue weighted by atomic mass is 10.1. The van der Waals surface area contributed by atoms with Crippen molar-refractivity contribution >= 4 is 21.7 Å². The Morgan fingerprint density at radius 2 is 2.15 bits per heavy atom. The van der Waals surface area contributed by atoms with E-state index in [9.17, 15) is 9.90 Å². The Morgan fingerprint density at radius 1 is 1.40 bits per heavy atom. The maximum absolute atomic E-state index is 12.1. The third-order valence-corrected chi connectivity index (χ3v) is 3.48. The van der Waals surface area contributed by atoms with Crippen molar-refractivity contribution in [1.29, 1.82) is 0 Å². The van der Waals surface area contributed by atoms with Gasteiger partial charge in [0.25, 0.3) is 5.56 Å². The molecule has 0 saturated carbocycles. The zero-order valence-corrected chi connectivity index (χ0v) is 11.9. The van der Waals surface area contributed by atoms with Crippen molar-refractivity contribution in [2.45, 2.75) is 0 Å². The molecule has 0 aliphatic carbocycles. The molecule has 0 aliphatic heterocycles. The van der Waals surface area contributed by atoms with Crippen LogP contribution in [0, 0.1) is 0 Å². The number of aromatic amines is 1. The highest BCUT2D eigenvalue weighted by atomic mass is 79.9. The predicted molar refractivity (Wildman–Crippen MR) is 75.0 cm³/mol. The maximum Gasteiger partial charge on any atom is 0.337 e. The van der Waals surface area contributed by atoms with E-state index in [0.29, 0.717) is 10.0 Å². The van der Waals surface area contributed by atoms with Crippen LogP contribution in [-0.4, -0.2) is 31.8 Å². The number of halogens is 1. The number of rotatable bonds is 2. The number of hydrogen-bond acceptors (Lipinski definition) is 5. The molecule has 3 rings (SSSR count). The van der Waals surface area contributed by atoms with E-state index in [1.165, 1.54) is 7.11 Å². The number of ether oxygens (including phenoxy) is 1. The third kappa shape index (κ3) is 1.85. The smallest absolute Gasteiger partial charge is 0.337 e. The van der Waals surface area contributed by atoms with Crippen molar-refractivity contribution in [3.8, 4) is 23.0 Å². The molecule has 2 aromatic heterocycles. The first-order valence-corrected chi connectivity index (χ1v) is 6.42. The fourth-order valence-corrected chi connectivity index (χ4v) is 2.37. The van der Waals surface area contributed by atoms with E-state index < -0.39 is 5.56 Å². The number of nitrogens with zero attached hydrogens (tertiary/aromatic N) is 3. The predicted octanol–water partition coefficient (Wildman–Crippen LogP) is 1.56. The number of benzene rings is 1. The quantitative estimate of drug-likeness (QED) is 0.740. The topological polar surface area (TPSA) is 92.5 Å². The van der Waals surface area contributed by atoms with Crippen LogP contribution in [0.25, 0.3) is 16.9 Å². The summed E-state index contributed by atoms with van der Waals surface area (Å²) in [5.74, 6) is -0.188. The number of hydrogen-bond donors (Lipinski definition) is 2. The van der Waals surface area contributed by atoms with Gasteiger partial charge in [-0.3, -0.25) is 9.78 Å². The van der Waals surface area contributed by atoms with E-state index in [2.05, 4.69) is 31.0 Å². The van der Waals surface area contributed by atoms with Gasteiger partial charge in [-0.05, 0) is 6.07 Å². The summed E-state index contributed by atoms with van der Waals surface area (Å²) in [4.78, 5) is 18.6. The summed E-state index contributed by atoms with van der Waals surface area (Å²) in [6.07, 6.45) is 0. The van der Waals surface area contributed by atoms with Crippen molar-refractivity contribution in [2.24, 2.45) is 0 Å². The molecule has 0 amide bonds. The van der Waals surface area contributed by atoms with Crippen LogP contribution in [0.4, 0.5) is 0 Å². The lowest BCUT2D eigenvalue weighted by Gasteiger charge is -2.06. The Morgan fingerprint density at radius 3 is 2.85 bits per heavy atom. The number of aromatic hydroxyl groups is 1. The Balaban J connectivity index is 2.37. The van der Waals surface area contributed by atoms with Crippen LogP contribution in [0.5, 0.6) is 11.9 Å². The third-order valence-electron chi connectivity index (χ3n) is 2.79. The molecule has 0 bridgehead atoms. The van der Waals surface area contributed by atoms with Gasteiger partial charge in [0.05, 0.1) is 7.11 Å². The highest BCUT2D eigenvalue weighted by Crippen LogP contribution is 2.31. The van der Waals surface area contributed by atoms with Gasteiger partial charge in [-0.2, -0.15) is 9.50 Å². The van der Waals surface area contributed by atoms with Crippen molar-refractivity contribution in [1.82, 2.24) is 19.6 Å². The largest absolute Gasteiger partial charge is 0.493 e. The Hall–Kier alpha value is -2.35. The van der Waals surface area contributed by atoms with Crippen LogP contribution in [0.15, 0.2) is 33.5 Å². The number of aromatic nitrogens is 4. The standard InChI is InChI=1S/C12H9BrN4O3/c1-20-12-15-11-14-9(18)8(10(19)17(11)16-12)6-4-2-3-5-7(6)13/h2-5,19H,1H3,(H,14,15,16,18). The Bertz CT molecular complexity index is 856. The van der Waals surface area contributed by atoms with Gasteiger partial charge in [-0.25, -0.2) is 0 Å². The van der Waals surface area contributed by atoms with E-state index in [1.54, 1.807) is 18.2 Å². The van der Waals surface area contributed by atoms with E-state index in [-0.39, 0.29) is 23.2 Å². The second-order valence-electron chi connectivity index (χ2n) is 3.97. The Kier molecular flexibility index (Phi) is 2.94. The SMILES string of the molecule is COc1nc2[nH]c(=O)c(-c3ccccc3Br)c(O)n2n1. The maximum atomic E-state index is 12.1. The molecule has 0 radical (unpaired) electrons. The average Bonchev–Trinajstić information content (AvgIpc) is 2.84. The molecule has 7 nitrogen and oxygen atoms in total. The molecule has 0 aliphatic rings. The second-order valence-corrected chi connectivity index (χ2v) is 4.82. The molecule has 8 heteroatoms. The van der Waals surface area contributed by atoms with Crippen molar-refractivity contribution < 1.29 is 9.84 Å². The first-order chi connectivity index (χ1) is 9.61. The van der Waals surface area contributed by atoms with Gasteiger partial charge in [0.2, 0.25) is 11.7 Å². The molecule has 102 valence electrons. The van der Waals surface area contributed by atoms with Crippen LogP contribution >= 0.6 is 15.9 Å². The first kappa shape index (κ1) is 12.7. The minimum Gasteiger partial charge on any atom is -0.493 e. The molecule has 0 spiro atoms. The van der Waals surface area contributed by atoms with Gasteiger partial charge < -0.3 is 9.84 Å². The minimum atomic E-state index is -0.461. The molecule has 1 aromatic carbocycles. The monoisotopic (exact) mass is 336 g/mol. The van der Waals surface area contributed by atoms with Crippen LogP contribution in [0.1, 0.15) is 0 Å². The highest BCUT2D eigenvalue weighted by Gasteiger charge is 2.18. The van der Waals surface area contributed by atoms with E-state index in [0.717, 1.165) is 4.52 Å². The molecule has 0 fully saturated rings. The van der Waals surface area contributed by atoms with Gasteiger partial charge >= 0.3 is 6.01 Å². The van der Waals surface area contributed by atoms with Gasteiger partial charge in [-0.1, -0.05) is 34.1 Å². The molecule has 20 heavy (non-hydrogen) atoms. The van der Waals surface area contributed by atoms with Gasteiger partial charge in [-0.15, -0.1) is 5.10 Å². The van der Waals surface area contributed by atoms with Crippen molar-refractivity contribution in [3.63, 3.8) is 0 Å². The number of H-pyrrole nitrogens is 1. The van der Waals surface area contributed by atoms with Crippen LogP contribution < -0.4 is 10.3 Å². The molecule has 0 saturated heterocycles. The van der Waals surface area contributed by atoms with Gasteiger partial charge in [0.1, 0.15) is 5.56 Å². The zero-order chi connectivity index (χ0) is 14.3. The molecule has 3 aromatic rings. The lowest BCUT2D eigenvalue weighted by molar-refractivity contribution is 0.375. The van der Waals surface area contributed by atoms with Crippen molar-refractivity contribution in [2.75, 3.05) is 7.11 Å². The van der Waals surface area contributed by atoms with Crippen LogP contribution in [0.2, 0.25) is 0 Å². The molecule has 2 heterocycles. The summed E-state index contributed by atoms with van der Waals surface area (Å²) in [5, 5.41) is 14.2. The summed E-state index contributed by atoms with van der Waals surface area (Å²) >= 11 is 3.35. The van der Waals surface area contributed by atoms with Crippen molar-refractivity contribution in [3.05, 3.63) is 39.1 Å². The van der Waals surface area contributed by atoms with Crippen LogP contribution in [0.3, 0.4) is 0 Å². The van der Waals surface area contributed by atoms with Crippen LogP contribution in [-0.2, 0) is 0 Å². The van der Waals surface area contributed by atoms with E-state index in [1.807, 2.05) is 6.07 Å². The fraction of sp³-hybridized carbons (Fsp3) is 0.0833. The Labute approximate surface area is 121 Å². The fourth-order valence-electron chi connectivity index (χ4n) is 1.89. The zero-order valence-electron chi connectivity index (χ0n) is 10.3. The lowest BCUT2D eigenvalue weighted by Crippen LogP contribution is -2.13. The minimum absolute atomic E-state index is 0.0558. The normalized spacial score (nSPS) is 10.9. The molecule has 2 N–H and O–H groups in total. The number of methoxy groups -OCH3 is 1. The molecular weight excluding hydrogens is 328 g/mol.